The van der Waals surface area contributed by atoms with Gasteiger partial charge in [-0.25, -0.2) is 0 Å². The van der Waals surface area contributed by atoms with Crippen molar-refractivity contribution in [1.29, 1.82) is 0 Å². The maximum absolute atomic E-state index is 5.80. The highest BCUT2D eigenvalue weighted by Gasteiger charge is 2.24. The summed E-state index contributed by atoms with van der Waals surface area (Å²) < 4.78 is 5.80. The smallest absolute Gasteiger partial charge is 0.123 e. The van der Waals surface area contributed by atoms with Gasteiger partial charge in [0.05, 0.1) is 0 Å². The van der Waals surface area contributed by atoms with E-state index in [0.29, 0.717) is 6.61 Å². The van der Waals surface area contributed by atoms with E-state index in [2.05, 4.69) is 76.9 Å². The topological polar surface area (TPSA) is 9.23 Å². The maximum atomic E-state index is 5.80. The number of hydrogen-bond donors (Lipinski definition) is 0. The summed E-state index contributed by atoms with van der Waals surface area (Å²) in [5, 5.41) is 0. The second kappa shape index (κ2) is 8.71. The lowest BCUT2D eigenvalue weighted by Gasteiger charge is -2.28. The fraction of sp³-hybridized carbons (Fsp3) is 0.280. The van der Waals surface area contributed by atoms with Gasteiger partial charge in [-0.2, -0.15) is 0 Å². The first-order valence-corrected chi connectivity index (χ1v) is 9.13. The second-order valence-corrected chi connectivity index (χ2v) is 7.17. The van der Waals surface area contributed by atoms with Crippen molar-refractivity contribution in [2.75, 3.05) is 6.61 Å². The van der Waals surface area contributed by atoms with Crippen molar-refractivity contribution < 1.29 is 4.74 Å². The molecule has 0 spiro atoms. The van der Waals surface area contributed by atoms with Crippen LogP contribution < -0.4 is 4.74 Å². The molecular weight excluding hydrogens is 316 g/mol. The van der Waals surface area contributed by atoms with Crippen molar-refractivity contribution >= 4 is 0 Å². The largest absolute Gasteiger partial charge is 0.489 e. The number of aryl methyl sites for hydroxylation is 1. The first kappa shape index (κ1) is 19.8. The van der Waals surface area contributed by atoms with Crippen molar-refractivity contribution in [3.05, 3.63) is 102 Å². The molecule has 1 heteroatoms. The van der Waals surface area contributed by atoms with E-state index in [1.165, 1.54) is 22.3 Å². The molecule has 0 atom stereocenters. The van der Waals surface area contributed by atoms with Gasteiger partial charge in [0, 0.05) is 5.41 Å². The van der Waals surface area contributed by atoms with Crippen molar-refractivity contribution in [2.45, 2.75) is 39.0 Å². The third-order valence-electron chi connectivity index (χ3n) is 4.94. The van der Waals surface area contributed by atoms with E-state index < -0.39 is 0 Å². The molecule has 0 bridgehead atoms. The molecule has 0 aromatic heterocycles. The summed E-state index contributed by atoms with van der Waals surface area (Å²) in [6.07, 6.45) is 7.33. The highest BCUT2D eigenvalue weighted by Crippen LogP contribution is 2.35. The summed E-state index contributed by atoms with van der Waals surface area (Å²) in [7, 11) is 0. The molecule has 2 rings (SSSR count). The maximum Gasteiger partial charge on any atom is 0.123 e. The molecule has 0 N–H and O–H groups in total. The molecule has 0 aliphatic heterocycles. The molecule has 2 aromatic carbocycles. The van der Waals surface area contributed by atoms with Crippen LogP contribution in [0.4, 0.5) is 0 Å². The van der Waals surface area contributed by atoms with Crippen LogP contribution >= 0.6 is 0 Å². The number of rotatable bonds is 9. The molecule has 0 radical (unpaired) electrons. The van der Waals surface area contributed by atoms with E-state index in [0.717, 1.165) is 24.2 Å². The minimum Gasteiger partial charge on any atom is -0.489 e. The zero-order chi connectivity index (χ0) is 19.2. The second-order valence-electron chi connectivity index (χ2n) is 7.17. The molecule has 0 saturated heterocycles. The van der Waals surface area contributed by atoms with Crippen molar-refractivity contribution in [2.24, 2.45) is 0 Å². The number of benzene rings is 2. The van der Waals surface area contributed by atoms with Gasteiger partial charge in [-0.3, -0.25) is 0 Å². The molecule has 0 unspecified atom stereocenters. The normalized spacial score (nSPS) is 11.0. The van der Waals surface area contributed by atoms with Crippen LogP contribution in [0.25, 0.3) is 0 Å². The standard InChI is InChI=1S/C25H30O/c1-7-10-20-17-22(13-12-19(20)4)25(5,6)23-14-15-24(26-16-9-3)21(18-23)11-8-2/h7-9,12-15,17-18H,1-3,10-11,16H2,4-6H3. The average molecular weight is 347 g/mol. The first-order chi connectivity index (χ1) is 12.4. The van der Waals surface area contributed by atoms with E-state index in [1.54, 1.807) is 6.08 Å². The molecule has 0 aliphatic rings. The minimum atomic E-state index is -0.101. The molecule has 2 aromatic rings. The zero-order valence-electron chi connectivity index (χ0n) is 16.3. The summed E-state index contributed by atoms with van der Waals surface area (Å²) in [4.78, 5) is 0. The Labute approximate surface area is 158 Å². The number of ether oxygens (including phenoxy) is 1. The lowest BCUT2D eigenvalue weighted by molar-refractivity contribution is 0.359. The predicted octanol–water partition coefficient (Wildman–Crippen LogP) is 6.34. The highest BCUT2D eigenvalue weighted by atomic mass is 16.5. The van der Waals surface area contributed by atoms with Gasteiger partial charge in [-0.1, -0.05) is 69.0 Å². The molecule has 136 valence electrons. The fourth-order valence-corrected chi connectivity index (χ4v) is 3.18. The van der Waals surface area contributed by atoms with Crippen molar-refractivity contribution in [3.63, 3.8) is 0 Å². The van der Waals surface area contributed by atoms with Crippen LogP contribution in [-0.4, -0.2) is 6.61 Å². The fourth-order valence-electron chi connectivity index (χ4n) is 3.18. The van der Waals surface area contributed by atoms with Crippen LogP contribution in [0.1, 0.15) is 41.7 Å². The average Bonchev–Trinajstić information content (AvgIpc) is 2.62. The Bertz CT molecular complexity index is 796. The molecule has 0 fully saturated rings. The molecule has 0 aliphatic carbocycles. The number of allylic oxidation sites excluding steroid dienone is 2. The quantitative estimate of drug-likeness (QED) is 0.481. The summed E-state index contributed by atoms with van der Waals surface area (Å²) in [6.45, 7) is 18.7. The third-order valence-corrected chi connectivity index (χ3v) is 4.94. The SMILES string of the molecule is C=CCOc1ccc(C(C)(C)c2ccc(C)c(CC=C)c2)cc1CC=C. The Morgan fingerprint density at radius 2 is 1.42 bits per heavy atom. The molecular formula is C25H30O. The predicted molar refractivity (Wildman–Crippen MR) is 113 cm³/mol. The monoisotopic (exact) mass is 346 g/mol. The Balaban J connectivity index is 2.46. The van der Waals surface area contributed by atoms with E-state index in [9.17, 15) is 0 Å². The summed E-state index contributed by atoms with van der Waals surface area (Å²) in [5.41, 5.74) is 6.29. The highest BCUT2D eigenvalue weighted by molar-refractivity contribution is 5.47. The van der Waals surface area contributed by atoms with Gasteiger partial charge in [-0.05, 0) is 53.6 Å². The Kier molecular flexibility index (Phi) is 6.63. The molecule has 26 heavy (non-hydrogen) atoms. The van der Waals surface area contributed by atoms with Gasteiger partial charge in [0.1, 0.15) is 12.4 Å². The van der Waals surface area contributed by atoms with Gasteiger partial charge in [0.15, 0.2) is 0 Å². The summed E-state index contributed by atoms with van der Waals surface area (Å²) in [5.74, 6) is 0.903. The molecule has 0 heterocycles. The van der Waals surface area contributed by atoms with Crippen LogP contribution in [0.3, 0.4) is 0 Å². The minimum absolute atomic E-state index is 0.101. The Morgan fingerprint density at radius 3 is 2.04 bits per heavy atom. The van der Waals surface area contributed by atoms with Gasteiger partial charge in [-0.15, -0.1) is 13.2 Å². The zero-order valence-corrected chi connectivity index (χ0v) is 16.3. The third kappa shape index (κ3) is 4.35. The van der Waals surface area contributed by atoms with Crippen LogP contribution in [0, 0.1) is 6.92 Å². The van der Waals surface area contributed by atoms with Gasteiger partial charge in [0.25, 0.3) is 0 Å². The van der Waals surface area contributed by atoms with Crippen LogP contribution in [0.2, 0.25) is 0 Å². The summed E-state index contributed by atoms with van der Waals surface area (Å²) in [6, 6.07) is 13.2. The Hall–Kier alpha value is -2.54. The Morgan fingerprint density at radius 1 is 0.846 bits per heavy atom. The van der Waals surface area contributed by atoms with Gasteiger partial charge >= 0.3 is 0 Å². The molecule has 0 amide bonds. The summed E-state index contributed by atoms with van der Waals surface area (Å²) >= 11 is 0. The lowest BCUT2D eigenvalue weighted by atomic mass is 9.76. The van der Waals surface area contributed by atoms with Crippen LogP contribution in [-0.2, 0) is 18.3 Å². The van der Waals surface area contributed by atoms with Gasteiger partial charge < -0.3 is 4.74 Å². The first-order valence-electron chi connectivity index (χ1n) is 9.13. The molecule has 1 nitrogen and oxygen atoms in total. The van der Waals surface area contributed by atoms with Crippen LogP contribution in [0.15, 0.2) is 74.4 Å². The van der Waals surface area contributed by atoms with Crippen molar-refractivity contribution in [3.8, 4) is 5.75 Å². The molecule has 0 saturated carbocycles. The van der Waals surface area contributed by atoms with E-state index in [4.69, 9.17) is 4.74 Å². The van der Waals surface area contributed by atoms with Crippen molar-refractivity contribution in [1.82, 2.24) is 0 Å². The van der Waals surface area contributed by atoms with Gasteiger partial charge in [0.2, 0.25) is 0 Å². The van der Waals surface area contributed by atoms with E-state index >= 15 is 0 Å². The number of hydrogen-bond acceptors (Lipinski definition) is 1. The van der Waals surface area contributed by atoms with Crippen LogP contribution in [0.5, 0.6) is 5.75 Å². The lowest BCUT2D eigenvalue weighted by Crippen LogP contribution is -2.20. The van der Waals surface area contributed by atoms with E-state index in [-0.39, 0.29) is 5.41 Å². The van der Waals surface area contributed by atoms with E-state index in [1.807, 2.05) is 12.2 Å².